The molecule has 0 saturated heterocycles. The highest BCUT2D eigenvalue weighted by Crippen LogP contribution is 2.34. The largest absolute Gasteiger partial charge is 0.443 e. The molecule has 16 heavy (non-hydrogen) atoms. The fourth-order valence-corrected chi connectivity index (χ4v) is 1.96. The van der Waals surface area contributed by atoms with E-state index in [0.717, 1.165) is 36.2 Å². The monoisotopic (exact) mass is 217 g/mol. The van der Waals surface area contributed by atoms with Crippen LogP contribution in [0.1, 0.15) is 12.8 Å². The number of nitrogens with zero attached hydrogens (tertiary/aromatic N) is 2. The van der Waals surface area contributed by atoms with Crippen molar-refractivity contribution in [3.63, 3.8) is 0 Å². The van der Waals surface area contributed by atoms with Gasteiger partial charge in [0.15, 0.2) is 12.0 Å². The van der Waals surface area contributed by atoms with Crippen molar-refractivity contribution in [3.05, 3.63) is 24.6 Å². The van der Waals surface area contributed by atoms with E-state index < -0.39 is 0 Å². The molecule has 84 valence electrons. The predicted molar refractivity (Wildman–Crippen MR) is 63.4 cm³/mol. The Labute approximate surface area is 94.0 Å². The Morgan fingerprint density at radius 2 is 2.31 bits per heavy atom. The SMILES string of the molecule is CN(CC1(N)CC1)c1ccc2ncoc2c1. The average molecular weight is 217 g/mol. The van der Waals surface area contributed by atoms with Gasteiger partial charge in [0.1, 0.15) is 5.52 Å². The highest BCUT2D eigenvalue weighted by molar-refractivity contribution is 5.77. The van der Waals surface area contributed by atoms with Crippen LogP contribution in [-0.2, 0) is 0 Å². The lowest BCUT2D eigenvalue weighted by Gasteiger charge is -2.22. The molecule has 1 aromatic heterocycles. The van der Waals surface area contributed by atoms with Crippen molar-refractivity contribution in [2.24, 2.45) is 5.73 Å². The van der Waals surface area contributed by atoms with Gasteiger partial charge in [-0.3, -0.25) is 0 Å². The predicted octanol–water partition coefficient (Wildman–Crippen LogP) is 1.76. The summed E-state index contributed by atoms with van der Waals surface area (Å²) in [5.41, 5.74) is 8.98. The van der Waals surface area contributed by atoms with Gasteiger partial charge < -0.3 is 15.1 Å². The summed E-state index contributed by atoms with van der Waals surface area (Å²) < 4.78 is 5.29. The molecule has 0 atom stereocenters. The Morgan fingerprint density at radius 3 is 3.06 bits per heavy atom. The van der Waals surface area contributed by atoms with Crippen molar-refractivity contribution >= 4 is 16.8 Å². The van der Waals surface area contributed by atoms with Crippen LogP contribution in [-0.4, -0.2) is 24.1 Å². The molecule has 1 fully saturated rings. The van der Waals surface area contributed by atoms with Gasteiger partial charge in [0, 0.05) is 30.9 Å². The van der Waals surface area contributed by atoms with E-state index in [1.54, 1.807) is 0 Å². The summed E-state index contributed by atoms with van der Waals surface area (Å²) in [7, 11) is 2.06. The standard InChI is InChI=1S/C12H15N3O/c1-15(7-12(13)4-5-12)9-2-3-10-11(6-9)16-8-14-10/h2-3,6,8H,4-5,7,13H2,1H3. The van der Waals surface area contributed by atoms with Gasteiger partial charge in [-0.2, -0.15) is 0 Å². The molecule has 4 heteroatoms. The third-order valence-electron chi connectivity index (χ3n) is 3.20. The molecular weight excluding hydrogens is 202 g/mol. The zero-order chi connectivity index (χ0) is 11.2. The van der Waals surface area contributed by atoms with Crippen LogP contribution < -0.4 is 10.6 Å². The summed E-state index contributed by atoms with van der Waals surface area (Å²) in [5.74, 6) is 0. The number of hydrogen-bond acceptors (Lipinski definition) is 4. The van der Waals surface area contributed by atoms with Gasteiger partial charge in [-0.1, -0.05) is 0 Å². The van der Waals surface area contributed by atoms with Gasteiger partial charge in [-0.05, 0) is 25.0 Å². The van der Waals surface area contributed by atoms with E-state index in [0.29, 0.717) is 0 Å². The lowest BCUT2D eigenvalue weighted by molar-refractivity contribution is 0.601. The van der Waals surface area contributed by atoms with Gasteiger partial charge >= 0.3 is 0 Å². The van der Waals surface area contributed by atoms with E-state index in [2.05, 4.69) is 23.0 Å². The quantitative estimate of drug-likeness (QED) is 0.851. The maximum Gasteiger partial charge on any atom is 0.181 e. The summed E-state index contributed by atoms with van der Waals surface area (Å²) in [6.45, 7) is 0.895. The topological polar surface area (TPSA) is 55.3 Å². The first-order chi connectivity index (χ1) is 7.66. The number of fused-ring (bicyclic) bond motifs is 1. The lowest BCUT2D eigenvalue weighted by atomic mass is 10.2. The second-order valence-electron chi connectivity index (χ2n) is 4.72. The maximum absolute atomic E-state index is 6.10. The first-order valence-electron chi connectivity index (χ1n) is 5.50. The summed E-state index contributed by atoms with van der Waals surface area (Å²) in [6.07, 6.45) is 3.73. The van der Waals surface area contributed by atoms with E-state index in [9.17, 15) is 0 Å². The number of aromatic nitrogens is 1. The van der Waals surface area contributed by atoms with Crippen LogP contribution in [0.25, 0.3) is 11.1 Å². The molecule has 1 aliphatic carbocycles. The fourth-order valence-electron chi connectivity index (χ4n) is 1.96. The third kappa shape index (κ3) is 1.65. The number of hydrogen-bond donors (Lipinski definition) is 1. The Bertz CT molecular complexity index is 516. The van der Waals surface area contributed by atoms with Crippen LogP contribution >= 0.6 is 0 Å². The first-order valence-corrected chi connectivity index (χ1v) is 5.50. The minimum Gasteiger partial charge on any atom is -0.443 e. The summed E-state index contributed by atoms with van der Waals surface area (Å²) >= 11 is 0. The summed E-state index contributed by atoms with van der Waals surface area (Å²) in [5, 5.41) is 0. The molecule has 2 N–H and O–H groups in total. The van der Waals surface area contributed by atoms with Crippen LogP contribution in [0.3, 0.4) is 0 Å². The molecule has 0 unspecified atom stereocenters. The fraction of sp³-hybridized carbons (Fsp3) is 0.417. The smallest absolute Gasteiger partial charge is 0.181 e. The van der Waals surface area contributed by atoms with Gasteiger partial charge in [0.05, 0.1) is 0 Å². The highest BCUT2D eigenvalue weighted by atomic mass is 16.3. The lowest BCUT2D eigenvalue weighted by Crippen LogP contribution is -2.37. The number of rotatable bonds is 3. The second-order valence-corrected chi connectivity index (χ2v) is 4.72. The van der Waals surface area contributed by atoms with Crippen molar-refractivity contribution in [1.29, 1.82) is 0 Å². The van der Waals surface area contributed by atoms with Crippen molar-refractivity contribution in [2.45, 2.75) is 18.4 Å². The van der Waals surface area contributed by atoms with E-state index in [-0.39, 0.29) is 5.54 Å². The molecule has 4 nitrogen and oxygen atoms in total. The van der Waals surface area contributed by atoms with E-state index in [4.69, 9.17) is 10.2 Å². The van der Waals surface area contributed by atoms with E-state index >= 15 is 0 Å². The van der Waals surface area contributed by atoms with Crippen molar-refractivity contribution in [2.75, 3.05) is 18.5 Å². The third-order valence-corrected chi connectivity index (χ3v) is 3.20. The van der Waals surface area contributed by atoms with Crippen molar-refractivity contribution in [1.82, 2.24) is 4.98 Å². The second kappa shape index (κ2) is 3.22. The molecule has 3 rings (SSSR count). The van der Waals surface area contributed by atoms with Gasteiger partial charge in [-0.15, -0.1) is 0 Å². The molecule has 0 radical (unpaired) electrons. The number of oxazole rings is 1. The number of nitrogens with two attached hydrogens (primary N) is 1. The van der Waals surface area contributed by atoms with E-state index in [1.165, 1.54) is 6.39 Å². The highest BCUT2D eigenvalue weighted by Gasteiger charge is 2.39. The molecule has 1 heterocycles. The van der Waals surface area contributed by atoms with Crippen LogP contribution in [0.5, 0.6) is 0 Å². The summed E-state index contributed by atoms with van der Waals surface area (Å²) in [4.78, 5) is 6.27. The zero-order valence-electron chi connectivity index (χ0n) is 9.31. The average Bonchev–Trinajstić information content (AvgIpc) is 2.82. The first kappa shape index (κ1) is 9.66. The molecular formula is C12H15N3O. The molecule has 0 spiro atoms. The molecule has 0 aliphatic heterocycles. The molecule has 2 aromatic rings. The molecule has 1 aromatic carbocycles. The number of likely N-dealkylation sites (N-methyl/N-ethyl adjacent to an activating group) is 1. The molecule has 0 amide bonds. The number of benzene rings is 1. The van der Waals surface area contributed by atoms with Crippen LogP contribution in [0.15, 0.2) is 29.0 Å². The van der Waals surface area contributed by atoms with Gasteiger partial charge in [-0.25, -0.2) is 4.98 Å². The normalized spacial score (nSPS) is 17.6. The molecule has 1 aliphatic rings. The van der Waals surface area contributed by atoms with Crippen LogP contribution in [0, 0.1) is 0 Å². The van der Waals surface area contributed by atoms with E-state index in [1.807, 2.05) is 12.1 Å². The minimum absolute atomic E-state index is 0.0329. The van der Waals surface area contributed by atoms with Crippen molar-refractivity contribution < 1.29 is 4.42 Å². The summed E-state index contributed by atoms with van der Waals surface area (Å²) in [6, 6.07) is 6.03. The Hall–Kier alpha value is -1.55. The van der Waals surface area contributed by atoms with Crippen LogP contribution in [0.4, 0.5) is 5.69 Å². The zero-order valence-corrected chi connectivity index (χ0v) is 9.31. The van der Waals surface area contributed by atoms with Gasteiger partial charge in [0.25, 0.3) is 0 Å². The maximum atomic E-state index is 6.10. The van der Waals surface area contributed by atoms with Gasteiger partial charge in [0.2, 0.25) is 0 Å². The van der Waals surface area contributed by atoms with Crippen molar-refractivity contribution in [3.8, 4) is 0 Å². The Kier molecular flexibility index (Phi) is 1.94. The molecule has 1 saturated carbocycles. The number of anilines is 1. The molecule has 0 bridgehead atoms. The van der Waals surface area contributed by atoms with Crippen LogP contribution in [0.2, 0.25) is 0 Å². The minimum atomic E-state index is 0.0329. The Morgan fingerprint density at radius 1 is 1.50 bits per heavy atom. The Balaban J connectivity index is 1.86.